The van der Waals surface area contributed by atoms with Crippen LogP contribution in [0, 0.1) is 0 Å². The van der Waals surface area contributed by atoms with E-state index in [1.807, 2.05) is 12.3 Å². The van der Waals surface area contributed by atoms with Crippen molar-refractivity contribution in [2.24, 2.45) is 5.16 Å². The molecule has 1 aliphatic heterocycles. The van der Waals surface area contributed by atoms with Gasteiger partial charge in [-0.1, -0.05) is 5.16 Å². The molecule has 0 fully saturated rings. The van der Waals surface area contributed by atoms with E-state index in [9.17, 15) is 0 Å². The fourth-order valence-electron chi connectivity index (χ4n) is 1.04. The van der Waals surface area contributed by atoms with Gasteiger partial charge in [-0.15, -0.1) is 0 Å². The van der Waals surface area contributed by atoms with Crippen LogP contribution in [0.4, 0.5) is 0 Å². The van der Waals surface area contributed by atoms with Crippen LogP contribution < -0.4 is 0 Å². The molecule has 4 heteroatoms. The molecule has 0 radical (unpaired) electrons. The smallest absolute Gasteiger partial charge is 0.169 e. The summed E-state index contributed by atoms with van der Waals surface area (Å²) < 4.78 is 1.74. The van der Waals surface area contributed by atoms with Crippen LogP contribution in [0.2, 0.25) is 0 Å². The summed E-state index contributed by atoms with van der Waals surface area (Å²) in [5.74, 6) is 0.890. The summed E-state index contributed by atoms with van der Waals surface area (Å²) in [6, 6.07) is 1.87. The van der Waals surface area contributed by atoms with Gasteiger partial charge in [0.1, 0.15) is 6.61 Å². The Hall–Kier alpha value is -1.32. The van der Waals surface area contributed by atoms with Crippen molar-refractivity contribution in [3.05, 3.63) is 18.5 Å². The zero-order valence-corrected chi connectivity index (χ0v) is 6.10. The van der Waals surface area contributed by atoms with E-state index in [1.54, 1.807) is 10.9 Å². The maximum Gasteiger partial charge on any atom is 0.169 e. The maximum absolute atomic E-state index is 4.93. The first-order valence-corrected chi connectivity index (χ1v) is 3.66. The second kappa shape index (κ2) is 2.74. The van der Waals surface area contributed by atoms with Crippen molar-refractivity contribution in [2.75, 3.05) is 6.61 Å². The predicted molar refractivity (Wildman–Crippen MR) is 40.2 cm³/mol. The van der Waals surface area contributed by atoms with Crippen LogP contribution in [0.5, 0.6) is 0 Å². The highest BCUT2D eigenvalue weighted by Gasteiger charge is 2.07. The first-order chi connectivity index (χ1) is 5.47. The Morgan fingerprint density at radius 3 is 3.18 bits per heavy atom. The molecular formula is C7H9N3O. The van der Waals surface area contributed by atoms with Crippen molar-refractivity contribution in [2.45, 2.75) is 12.8 Å². The lowest BCUT2D eigenvalue weighted by Crippen LogP contribution is -2.17. The molecule has 0 N–H and O–H groups in total. The minimum atomic E-state index is 0.727. The summed E-state index contributed by atoms with van der Waals surface area (Å²) in [5.41, 5.74) is 0. The Bertz CT molecular complexity index is 253. The predicted octanol–water partition coefficient (Wildman–Crippen LogP) is 0.855. The van der Waals surface area contributed by atoms with Crippen LogP contribution in [0.25, 0.3) is 0 Å². The molecule has 4 nitrogen and oxygen atoms in total. The molecule has 2 heterocycles. The lowest BCUT2D eigenvalue weighted by molar-refractivity contribution is 0.129. The van der Waals surface area contributed by atoms with E-state index in [2.05, 4.69) is 10.3 Å². The highest BCUT2D eigenvalue weighted by Crippen LogP contribution is 2.03. The van der Waals surface area contributed by atoms with Crippen LogP contribution in [0.3, 0.4) is 0 Å². The monoisotopic (exact) mass is 151 g/mol. The third-order valence-corrected chi connectivity index (χ3v) is 1.57. The van der Waals surface area contributed by atoms with Gasteiger partial charge in [0.05, 0.1) is 0 Å². The molecule has 11 heavy (non-hydrogen) atoms. The second-order valence-electron chi connectivity index (χ2n) is 2.39. The van der Waals surface area contributed by atoms with Gasteiger partial charge in [-0.2, -0.15) is 5.10 Å². The lowest BCUT2D eigenvalue weighted by atomic mass is 10.3. The Kier molecular flexibility index (Phi) is 1.59. The lowest BCUT2D eigenvalue weighted by Gasteiger charge is -2.10. The van der Waals surface area contributed by atoms with Crippen LogP contribution in [0.1, 0.15) is 12.8 Å². The molecular weight excluding hydrogens is 142 g/mol. The van der Waals surface area contributed by atoms with Gasteiger partial charge in [-0.3, -0.25) is 0 Å². The Morgan fingerprint density at radius 1 is 1.55 bits per heavy atom. The topological polar surface area (TPSA) is 39.4 Å². The summed E-state index contributed by atoms with van der Waals surface area (Å²) >= 11 is 0. The third-order valence-electron chi connectivity index (χ3n) is 1.57. The maximum atomic E-state index is 4.93. The summed E-state index contributed by atoms with van der Waals surface area (Å²) in [6.07, 6.45) is 5.57. The van der Waals surface area contributed by atoms with Gasteiger partial charge in [0.25, 0.3) is 0 Å². The van der Waals surface area contributed by atoms with Crippen LogP contribution in [-0.2, 0) is 4.84 Å². The molecule has 1 aromatic rings. The molecule has 0 unspecified atom stereocenters. The molecule has 58 valence electrons. The molecule has 0 saturated heterocycles. The van der Waals surface area contributed by atoms with Crippen LogP contribution in [-0.4, -0.2) is 22.2 Å². The number of rotatable bonds is 0. The van der Waals surface area contributed by atoms with Crippen LogP contribution in [0.15, 0.2) is 23.6 Å². The van der Waals surface area contributed by atoms with Crippen molar-refractivity contribution in [1.29, 1.82) is 0 Å². The van der Waals surface area contributed by atoms with Gasteiger partial charge in [-0.05, 0) is 12.5 Å². The second-order valence-corrected chi connectivity index (χ2v) is 2.39. The molecule has 0 saturated carbocycles. The average Bonchev–Trinajstić information content (AvgIpc) is 2.58. The number of aromatic nitrogens is 2. The quantitative estimate of drug-likeness (QED) is 0.551. The highest BCUT2D eigenvalue weighted by molar-refractivity contribution is 5.83. The summed E-state index contributed by atoms with van der Waals surface area (Å²) in [7, 11) is 0. The number of hydrogen-bond acceptors (Lipinski definition) is 3. The van der Waals surface area contributed by atoms with E-state index in [-0.39, 0.29) is 0 Å². The first kappa shape index (κ1) is 6.39. The van der Waals surface area contributed by atoms with E-state index in [0.717, 1.165) is 25.3 Å². The van der Waals surface area contributed by atoms with Gasteiger partial charge >= 0.3 is 0 Å². The molecule has 1 aliphatic rings. The van der Waals surface area contributed by atoms with Crippen LogP contribution >= 0.6 is 0 Å². The molecule has 1 aromatic heterocycles. The Labute approximate surface area is 64.5 Å². The Balaban J connectivity index is 2.22. The van der Waals surface area contributed by atoms with E-state index < -0.39 is 0 Å². The highest BCUT2D eigenvalue weighted by atomic mass is 16.6. The molecule has 0 spiro atoms. The summed E-state index contributed by atoms with van der Waals surface area (Å²) in [4.78, 5) is 4.93. The molecule has 0 aromatic carbocycles. The fourth-order valence-corrected chi connectivity index (χ4v) is 1.04. The van der Waals surface area contributed by atoms with Crippen molar-refractivity contribution >= 4 is 5.84 Å². The van der Waals surface area contributed by atoms with E-state index in [0.29, 0.717) is 0 Å². The van der Waals surface area contributed by atoms with E-state index in [4.69, 9.17) is 4.84 Å². The molecule has 0 amide bonds. The van der Waals surface area contributed by atoms with Gasteiger partial charge < -0.3 is 4.84 Å². The normalized spacial score (nSPS) is 17.3. The average molecular weight is 151 g/mol. The van der Waals surface area contributed by atoms with Crippen molar-refractivity contribution in [1.82, 2.24) is 9.78 Å². The SMILES string of the molecule is c1cnn(C2=NOCCC2)c1. The van der Waals surface area contributed by atoms with Crippen molar-refractivity contribution < 1.29 is 4.84 Å². The summed E-state index contributed by atoms with van der Waals surface area (Å²) in [6.45, 7) is 0.727. The van der Waals surface area contributed by atoms with E-state index >= 15 is 0 Å². The zero-order valence-electron chi connectivity index (χ0n) is 6.10. The van der Waals surface area contributed by atoms with Gasteiger partial charge in [0.2, 0.25) is 0 Å². The largest absolute Gasteiger partial charge is 0.394 e. The number of hydrogen-bond donors (Lipinski definition) is 0. The van der Waals surface area contributed by atoms with Crippen molar-refractivity contribution in [3.63, 3.8) is 0 Å². The molecule has 0 aliphatic carbocycles. The summed E-state index contributed by atoms with van der Waals surface area (Å²) in [5, 5.41) is 7.93. The first-order valence-electron chi connectivity index (χ1n) is 3.66. The minimum Gasteiger partial charge on any atom is -0.394 e. The molecule has 2 rings (SSSR count). The number of nitrogens with zero attached hydrogens (tertiary/aromatic N) is 3. The standard InChI is InChI=1S/C7H9N3O/c1-3-7(9-11-6-1)10-5-2-4-8-10/h2,4-5H,1,3,6H2. The molecule has 0 atom stereocenters. The third kappa shape index (κ3) is 1.24. The van der Waals surface area contributed by atoms with E-state index in [1.165, 1.54) is 0 Å². The Morgan fingerprint density at radius 2 is 2.55 bits per heavy atom. The van der Waals surface area contributed by atoms with Crippen molar-refractivity contribution in [3.8, 4) is 0 Å². The molecule has 0 bridgehead atoms. The zero-order chi connectivity index (χ0) is 7.52. The number of oxime groups is 1. The fraction of sp³-hybridized carbons (Fsp3) is 0.429. The van der Waals surface area contributed by atoms with Gasteiger partial charge in [-0.25, -0.2) is 4.68 Å². The minimum absolute atomic E-state index is 0.727. The van der Waals surface area contributed by atoms with Gasteiger partial charge in [0, 0.05) is 18.8 Å². The van der Waals surface area contributed by atoms with Gasteiger partial charge in [0.15, 0.2) is 5.84 Å².